The molecule has 1 aliphatic heterocycles. The van der Waals surface area contributed by atoms with Crippen molar-refractivity contribution in [3.8, 4) is 0 Å². The summed E-state index contributed by atoms with van der Waals surface area (Å²) in [5.74, 6) is -7.97. The zero-order valence-corrected chi connectivity index (χ0v) is 16.8. The maximum Gasteiger partial charge on any atom is 0.364 e. The van der Waals surface area contributed by atoms with E-state index >= 15 is 0 Å². The lowest BCUT2D eigenvalue weighted by atomic mass is 9.88. The molecule has 6 atom stereocenters. The normalized spacial score (nSPS) is 27.9. The van der Waals surface area contributed by atoms with Crippen molar-refractivity contribution in [2.24, 2.45) is 0 Å². The van der Waals surface area contributed by atoms with Gasteiger partial charge in [0, 0.05) is 34.1 Å². The second-order valence-corrected chi connectivity index (χ2v) is 6.69. The SMILES string of the molecule is CC(=O)N[C@@H]1[C@@H](O)CC(O)(C(=O)O)O[C@H]1C(OC(C)=O)C(COC(C)=O)OC(C)=O. The first kappa shape index (κ1) is 25.3. The van der Waals surface area contributed by atoms with Crippen LogP contribution in [-0.4, -0.2) is 88.0 Å². The van der Waals surface area contributed by atoms with Crippen molar-refractivity contribution in [1.82, 2.24) is 5.32 Å². The number of ether oxygens (including phenoxy) is 4. The first-order valence-corrected chi connectivity index (χ1v) is 8.83. The maximum atomic E-state index is 11.7. The number of carbonyl (C=O) groups is 5. The Morgan fingerprint density at radius 2 is 1.63 bits per heavy atom. The van der Waals surface area contributed by atoms with Crippen LogP contribution in [0, 0.1) is 0 Å². The lowest BCUT2D eigenvalue weighted by molar-refractivity contribution is -0.297. The predicted molar refractivity (Wildman–Crippen MR) is 93.4 cm³/mol. The summed E-state index contributed by atoms with van der Waals surface area (Å²) >= 11 is 0. The van der Waals surface area contributed by atoms with E-state index in [0.29, 0.717) is 0 Å². The van der Waals surface area contributed by atoms with Crippen LogP contribution in [0.1, 0.15) is 34.1 Å². The number of rotatable bonds is 8. The fraction of sp³-hybridized carbons (Fsp3) is 0.706. The summed E-state index contributed by atoms with van der Waals surface area (Å²) in [5.41, 5.74) is 0. The molecule has 13 heteroatoms. The van der Waals surface area contributed by atoms with E-state index in [1.807, 2.05) is 0 Å². The van der Waals surface area contributed by atoms with Crippen molar-refractivity contribution in [3.63, 3.8) is 0 Å². The molecule has 0 aromatic carbocycles. The van der Waals surface area contributed by atoms with Crippen molar-refractivity contribution in [2.75, 3.05) is 6.61 Å². The number of carboxylic acids is 1. The molecule has 13 nitrogen and oxygen atoms in total. The highest BCUT2D eigenvalue weighted by molar-refractivity contribution is 5.76. The summed E-state index contributed by atoms with van der Waals surface area (Å²) in [4.78, 5) is 57.4. The lowest BCUT2D eigenvalue weighted by Gasteiger charge is -2.45. The van der Waals surface area contributed by atoms with Crippen LogP contribution < -0.4 is 5.32 Å². The van der Waals surface area contributed by atoms with Crippen molar-refractivity contribution >= 4 is 29.8 Å². The van der Waals surface area contributed by atoms with E-state index < -0.39 is 79.1 Å². The van der Waals surface area contributed by atoms with Gasteiger partial charge >= 0.3 is 23.9 Å². The van der Waals surface area contributed by atoms with Crippen molar-refractivity contribution in [1.29, 1.82) is 0 Å². The van der Waals surface area contributed by atoms with Crippen LogP contribution in [0.4, 0.5) is 0 Å². The molecule has 1 amide bonds. The number of carbonyl (C=O) groups excluding carboxylic acids is 4. The summed E-state index contributed by atoms with van der Waals surface area (Å²) in [7, 11) is 0. The molecule has 1 rings (SSSR count). The quantitative estimate of drug-likeness (QED) is 0.238. The Balaban J connectivity index is 3.44. The van der Waals surface area contributed by atoms with Gasteiger partial charge in [0.25, 0.3) is 5.79 Å². The highest BCUT2D eigenvalue weighted by atomic mass is 16.7. The van der Waals surface area contributed by atoms with E-state index in [-0.39, 0.29) is 0 Å². The lowest BCUT2D eigenvalue weighted by Crippen LogP contribution is -2.68. The number of aliphatic hydroxyl groups excluding tert-OH is 1. The predicted octanol–water partition coefficient (Wildman–Crippen LogP) is -2.16. The van der Waals surface area contributed by atoms with Crippen molar-refractivity contribution in [2.45, 2.75) is 70.4 Å². The molecule has 0 aromatic heterocycles. The summed E-state index contributed by atoms with van der Waals surface area (Å²) in [6.07, 6.45) is -7.37. The molecule has 3 unspecified atom stereocenters. The molecule has 0 aliphatic carbocycles. The van der Waals surface area contributed by atoms with Crippen molar-refractivity contribution in [3.05, 3.63) is 0 Å². The molecule has 170 valence electrons. The fourth-order valence-corrected chi connectivity index (χ4v) is 2.95. The summed E-state index contributed by atoms with van der Waals surface area (Å²) < 4.78 is 20.2. The largest absolute Gasteiger partial charge is 0.477 e. The topological polar surface area (TPSA) is 195 Å². The van der Waals surface area contributed by atoms with Crippen LogP contribution in [0.25, 0.3) is 0 Å². The van der Waals surface area contributed by atoms with Gasteiger partial charge in [-0.2, -0.15) is 0 Å². The third kappa shape index (κ3) is 6.93. The molecular formula is C17H25NO12. The van der Waals surface area contributed by atoms with E-state index in [1.165, 1.54) is 0 Å². The molecule has 30 heavy (non-hydrogen) atoms. The molecule has 1 saturated heterocycles. The molecule has 4 N–H and O–H groups in total. The number of hydrogen-bond acceptors (Lipinski definition) is 11. The average molecular weight is 435 g/mol. The third-order valence-electron chi connectivity index (χ3n) is 4.05. The van der Waals surface area contributed by atoms with Crippen LogP contribution in [0.3, 0.4) is 0 Å². The van der Waals surface area contributed by atoms with Gasteiger partial charge in [0.1, 0.15) is 12.7 Å². The van der Waals surface area contributed by atoms with Gasteiger partial charge < -0.3 is 39.6 Å². The van der Waals surface area contributed by atoms with Crippen LogP contribution in [0.2, 0.25) is 0 Å². The second-order valence-electron chi connectivity index (χ2n) is 6.69. The first-order valence-electron chi connectivity index (χ1n) is 8.83. The van der Waals surface area contributed by atoms with Gasteiger partial charge in [0.05, 0.1) is 12.1 Å². The summed E-state index contributed by atoms with van der Waals surface area (Å²) in [5, 5.41) is 32.3. The minimum absolute atomic E-state index is 0.624. The van der Waals surface area contributed by atoms with E-state index in [4.69, 9.17) is 18.9 Å². The standard InChI is InChI=1S/C17H25NO12/c1-7(19)18-13-11(23)5-17(26,16(24)25)30-15(13)14(29-10(4)22)12(28-9(3)21)6-27-8(2)20/h11-15,23,26H,5-6H2,1-4H3,(H,18,19)(H,24,25)/t11-,12?,13+,14?,15+,17?/m0/s1. The first-order chi connectivity index (χ1) is 13.8. The fourth-order valence-electron chi connectivity index (χ4n) is 2.95. The van der Waals surface area contributed by atoms with Gasteiger partial charge in [0.15, 0.2) is 12.2 Å². The molecule has 0 spiro atoms. The molecular weight excluding hydrogens is 410 g/mol. The monoisotopic (exact) mass is 435 g/mol. The van der Waals surface area contributed by atoms with Crippen LogP contribution in [-0.2, 0) is 42.9 Å². The smallest absolute Gasteiger partial charge is 0.364 e. The Kier molecular flexibility index (Phi) is 8.69. The molecule has 0 aromatic rings. The average Bonchev–Trinajstić information content (AvgIpc) is 2.58. The molecule has 0 bridgehead atoms. The number of aliphatic hydroxyl groups is 2. The number of nitrogens with one attached hydrogen (secondary N) is 1. The Labute approximate surface area is 171 Å². The van der Waals surface area contributed by atoms with Gasteiger partial charge in [0.2, 0.25) is 5.91 Å². The van der Waals surface area contributed by atoms with Crippen LogP contribution in [0.5, 0.6) is 0 Å². The highest BCUT2D eigenvalue weighted by Gasteiger charge is 2.55. The number of aliphatic carboxylic acids is 1. The van der Waals surface area contributed by atoms with Crippen molar-refractivity contribution < 1.29 is 58.2 Å². The Hall–Kier alpha value is -2.77. The molecule has 1 heterocycles. The number of amides is 1. The third-order valence-corrected chi connectivity index (χ3v) is 4.05. The minimum Gasteiger partial charge on any atom is -0.477 e. The molecule has 1 fully saturated rings. The minimum atomic E-state index is -2.90. The van der Waals surface area contributed by atoms with E-state index in [2.05, 4.69) is 5.32 Å². The highest BCUT2D eigenvalue weighted by Crippen LogP contribution is 2.32. The van der Waals surface area contributed by atoms with Gasteiger partial charge in [-0.1, -0.05) is 0 Å². The van der Waals surface area contributed by atoms with Gasteiger partial charge in [-0.25, -0.2) is 4.79 Å². The van der Waals surface area contributed by atoms with E-state index in [9.17, 15) is 39.3 Å². The summed E-state index contributed by atoms with van der Waals surface area (Å²) in [6.45, 7) is 3.54. The van der Waals surface area contributed by atoms with E-state index in [1.54, 1.807) is 0 Å². The zero-order chi connectivity index (χ0) is 23.2. The second kappa shape index (κ2) is 10.3. The summed E-state index contributed by atoms with van der Waals surface area (Å²) in [6, 6.07) is -1.37. The van der Waals surface area contributed by atoms with Crippen LogP contribution in [0.15, 0.2) is 0 Å². The van der Waals surface area contributed by atoms with Gasteiger partial charge in [-0.15, -0.1) is 0 Å². The molecule has 0 saturated carbocycles. The molecule has 0 radical (unpaired) electrons. The Bertz CT molecular complexity index is 694. The van der Waals surface area contributed by atoms with Crippen LogP contribution >= 0.6 is 0 Å². The Morgan fingerprint density at radius 3 is 2.07 bits per heavy atom. The number of carboxylic acid groups (broad SMARTS) is 1. The van der Waals surface area contributed by atoms with Gasteiger partial charge in [-0.3, -0.25) is 19.2 Å². The van der Waals surface area contributed by atoms with E-state index in [0.717, 1.165) is 27.7 Å². The number of esters is 3. The maximum absolute atomic E-state index is 11.7. The number of hydrogen-bond donors (Lipinski definition) is 4. The Morgan fingerprint density at radius 1 is 1.07 bits per heavy atom. The zero-order valence-electron chi connectivity index (χ0n) is 16.8. The molecule has 1 aliphatic rings. The van der Waals surface area contributed by atoms with Gasteiger partial charge in [-0.05, 0) is 0 Å².